The van der Waals surface area contributed by atoms with Crippen molar-refractivity contribution in [3.8, 4) is 6.07 Å². The lowest BCUT2D eigenvalue weighted by atomic mass is 10.1. The highest BCUT2D eigenvalue weighted by atomic mass is 35.5. The largest absolute Gasteiger partial charge is 0.398 e. The minimum absolute atomic E-state index is 0.236. The lowest BCUT2D eigenvalue weighted by Crippen LogP contribution is -2.45. The summed E-state index contributed by atoms with van der Waals surface area (Å²) in [5.41, 5.74) is 6.40. The molecule has 0 aliphatic carbocycles. The Labute approximate surface area is 110 Å². The molecule has 18 heavy (non-hydrogen) atoms. The summed E-state index contributed by atoms with van der Waals surface area (Å²) in [7, 11) is 0. The number of amides is 1. The summed E-state index contributed by atoms with van der Waals surface area (Å²) in [4.78, 5) is 13.8. The second-order valence-corrected chi connectivity index (χ2v) is 4.35. The molecule has 0 aromatic heterocycles. The number of nitriles is 1. The molecule has 1 aliphatic heterocycles. The van der Waals surface area contributed by atoms with E-state index >= 15 is 0 Å². The Morgan fingerprint density at radius 2 is 2.39 bits per heavy atom. The van der Waals surface area contributed by atoms with Crippen molar-refractivity contribution in [3.05, 3.63) is 28.8 Å². The first-order valence-electron chi connectivity index (χ1n) is 5.48. The minimum Gasteiger partial charge on any atom is -0.398 e. The second kappa shape index (κ2) is 5.25. The Balaban J connectivity index is 2.24. The number of benzene rings is 1. The molecule has 1 saturated heterocycles. The van der Waals surface area contributed by atoms with E-state index in [0.29, 0.717) is 23.9 Å². The fourth-order valence-electron chi connectivity index (χ4n) is 1.84. The summed E-state index contributed by atoms with van der Waals surface area (Å²) < 4.78 is 5.18. The third-order valence-corrected chi connectivity index (χ3v) is 3.07. The Hall–Kier alpha value is -1.77. The lowest BCUT2D eigenvalue weighted by Gasteiger charge is -2.30. The van der Waals surface area contributed by atoms with Crippen LogP contribution in [0, 0.1) is 11.3 Å². The van der Waals surface area contributed by atoms with Gasteiger partial charge in [0, 0.05) is 12.2 Å². The number of rotatable bonds is 1. The number of hydrogen-bond donors (Lipinski definition) is 1. The van der Waals surface area contributed by atoms with Gasteiger partial charge in [0.25, 0.3) is 5.91 Å². The molecule has 1 aromatic rings. The van der Waals surface area contributed by atoms with Gasteiger partial charge in [-0.15, -0.1) is 0 Å². The maximum absolute atomic E-state index is 12.3. The predicted molar refractivity (Wildman–Crippen MR) is 67.1 cm³/mol. The number of ether oxygens (including phenoxy) is 1. The highest BCUT2D eigenvalue weighted by molar-refractivity contribution is 6.34. The molecule has 0 bridgehead atoms. The lowest BCUT2D eigenvalue weighted by molar-refractivity contribution is 0.00352. The topological polar surface area (TPSA) is 79.4 Å². The molecule has 1 aromatic carbocycles. The van der Waals surface area contributed by atoms with Gasteiger partial charge in [0.15, 0.2) is 6.10 Å². The molecule has 1 unspecified atom stereocenters. The monoisotopic (exact) mass is 265 g/mol. The molecule has 1 heterocycles. The highest BCUT2D eigenvalue weighted by Gasteiger charge is 2.27. The van der Waals surface area contributed by atoms with E-state index < -0.39 is 6.10 Å². The Morgan fingerprint density at radius 1 is 1.61 bits per heavy atom. The van der Waals surface area contributed by atoms with Gasteiger partial charge in [0.05, 0.1) is 29.8 Å². The predicted octanol–water partition coefficient (Wildman–Crippen LogP) is 1.29. The van der Waals surface area contributed by atoms with Crippen molar-refractivity contribution in [1.29, 1.82) is 5.26 Å². The number of carbonyl (C=O) groups excluding carboxylic acids is 1. The van der Waals surface area contributed by atoms with Crippen LogP contribution in [0.1, 0.15) is 10.4 Å². The standard InChI is InChI=1S/C12H12ClN3O2/c13-9-2-1-3-10(15)11(9)12(17)16-4-5-18-8(6-14)7-16/h1-3,8H,4-5,7,15H2. The third-order valence-electron chi connectivity index (χ3n) is 2.76. The normalized spacial score (nSPS) is 19.3. The number of nitrogen functional groups attached to an aromatic ring is 1. The van der Waals surface area contributed by atoms with Gasteiger partial charge in [-0.25, -0.2) is 0 Å². The van der Waals surface area contributed by atoms with Gasteiger partial charge in [0.1, 0.15) is 0 Å². The Morgan fingerprint density at radius 3 is 3.06 bits per heavy atom. The molecule has 94 valence electrons. The maximum atomic E-state index is 12.3. The molecule has 0 radical (unpaired) electrons. The molecular weight excluding hydrogens is 254 g/mol. The summed E-state index contributed by atoms with van der Waals surface area (Å²) in [5.74, 6) is -0.262. The summed E-state index contributed by atoms with van der Waals surface area (Å²) >= 11 is 5.99. The van der Waals surface area contributed by atoms with E-state index in [1.807, 2.05) is 6.07 Å². The van der Waals surface area contributed by atoms with Gasteiger partial charge in [-0.3, -0.25) is 4.79 Å². The highest BCUT2D eigenvalue weighted by Crippen LogP contribution is 2.24. The first-order valence-corrected chi connectivity index (χ1v) is 5.85. The summed E-state index contributed by atoms with van der Waals surface area (Å²) in [6.45, 7) is 1.01. The van der Waals surface area contributed by atoms with Crippen LogP contribution in [0.25, 0.3) is 0 Å². The van der Waals surface area contributed by atoms with Crippen molar-refractivity contribution in [1.82, 2.24) is 4.90 Å². The first-order chi connectivity index (χ1) is 8.63. The number of halogens is 1. The van der Waals surface area contributed by atoms with Gasteiger partial charge in [-0.1, -0.05) is 17.7 Å². The fraction of sp³-hybridized carbons (Fsp3) is 0.333. The molecule has 0 spiro atoms. The zero-order valence-corrected chi connectivity index (χ0v) is 10.4. The van der Waals surface area contributed by atoms with E-state index in [9.17, 15) is 4.79 Å². The third kappa shape index (κ3) is 2.40. The number of hydrogen-bond acceptors (Lipinski definition) is 4. The molecule has 1 aliphatic rings. The zero-order valence-electron chi connectivity index (χ0n) is 9.60. The van der Waals surface area contributed by atoms with Crippen molar-refractivity contribution in [2.75, 3.05) is 25.4 Å². The van der Waals surface area contributed by atoms with Gasteiger partial charge < -0.3 is 15.4 Å². The number of morpholine rings is 1. The van der Waals surface area contributed by atoms with Crippen LogP contribution in [-0.2, 0) is 4.74 Å². The number of nitrogens with two attached hydrogens (primary N) is 1. The second-order valence-electron chi connectivity index (χ2n) is 3.94. The van der Waals surface area contributed by atoms with Crippen LogP contribution in [0.3, 0.4) is 0 Å². The molecular formula is C12H12ClN3O2. The molecule has 1 atom stereocenters. The molecule has 2 rings (SSSR count). The minimum atomic E-state index is -0.591. The molecule has 1 amide bonds. The van der Waals surface area contributed by atoms with Crippen LogP contribution in [0.4, 0.5) is 5.69 Å². The molecule has 6 heteroatoms. The van der Waals surface area contributed by atoms with E-state index in [1.165, 1.54) is 4.90 Å². The van der Waals surface area contributed by atoms with Crippen molar-refractivity contribution >= 4 is 23.2 Å². The number of carbonyl (C=O) groups is 1. The van der Waals surface area contributed by atoms with Crippen LogP contribution in [0.2, 0.25) is 5.02 Å². The maximum Gasteiger partial charge on any atom is 0.257 e. The summed E-state index contributed by atoms with van der Waals surface area (Å²) in [6, 6.07) is 6.92. The number of nitrogens with zero attached hydrogens (tertiary/aromatic N) is 2. The summed E-state index contributed by atoms with van der Waals surface area (Å²) in [6.07, 6.45) is -0.591. The smallest absolute Gasteiger partial charge is 0.257 e. The number of anilines is 1. The van der Waals surface area contributed by atoms with Crippen LogP contribution < -0.4 is 5.73 Å². The Kier molecular flexibility index (Phi) is 3.70. The molecule has 2 N–H and O–H groups in total. The molecule has 1 fully saturated rings. The molecule has 0 saturated carbocycles. The fourth-order valence-corrected chi connectivity index (χ4v) is 2.10. The average Bonchev–Trinajstić information content (AvgIpc) is 2.38. The first kappa shape index (κ1) is 12.7. The van der Waals surface area contributed by atoms with Crippen molar-refractivity contribution in [2.45, 2.75) is 6.10 Å². The van der Waals surface area contributed by atoms with E-state index in [-0.39, 0.29) is 18.0 Å². The zero-order chi connectivity index (χ0) is 13.1. The van der Waals surface area contributed by atoms with Gasteiger partial charge in [0.2, 0.25) is 0 Å². The van der Waals surface area contributed by atoms with Gasteiger partial charge in [-0.05, 0) is 12.1 Å². The SMILES string of the molecule is N#CC1CN(C(=O)c2c(N)cccc2Cl)CCO1. The molecule has 5 nitrogen and oxygen atoms in total. The van der Waals surface area contributed by atoms with E-state index in [2.05, 4.69) is 0 Å². The van der Waals surface area contributed by atoms with Gasteiger partial charge >= 0.3 is 0 Å². The van der Waals surface area contributed by atoms with Crippen molar-refractivity contribution in [3.63, 3.8) is 0 Å². The Bertz CT molecular complexity index is 492. The van der Waals surface area contributed by atoms with Crippen LogP contribution in [0.5, 0.6) is 0 Å². The van der Waals surface area contributed by atoms with E-state index in [1.54, 1.807) is 18.2 Å². The van der Waals surface area contributed by atoms with E-state index in [0.717, 1.165) is 0 Å². The van der Waals surface area contributed by atoms with Crippen LogP contribution in [-0.4, -0.2) is 36.6 Å². The van der Waals surface area contributed by atoms with Gasteiger partial charge in [-0.2, -0.15) is 5.26 Å². The van der Waals surface area contributed by atoms with Crippen molar-refractivity contribution < 1.29 is 9.53 Å². The quantitative estimate of drug-likeness (QED) is 0.776. The van der Waals surface area contributed by atoms with Crippen LogP contribution >= 0.6 is 11.6 Å². The van der Waals surface area contributed by atoms with Crippen LogP contribution in [0.15, 0.2) is 18.2 Å². The van der Waals surface area contributed by atoms with E-state index in [4.69, 9.17) is 27.3 Å². The van der Waals surface area contributed by atoms with Crippen molar-refractivity contribution in [2.24, 2.45) is 0 Å². The summed E-state index contributed by atoms with van der Waals surface area (Å²) in [5, 5.41) is 9.13. The average molecular weight is 266 g/mol.